The highest BCUT2D eigenvalue weighted by Crippen LogP contribution is 2.27. The largest absolute Gasteiger partial charge is 0.334 e. The van der Waals surface area contributed by atoms with Gasteiger partial charge in [0.2, 0.25) is 5.91 Å². The van der Waals surface area contributed by atoms with Gasteiger partial charge in [-0.3, -0.25) is 4.79 Å². The molecule has 0 aliphatic heterocycles. The minimum atomic E-state index is -0.673. The Bertz CT molecular complexity index is 554. The number of halogens is 1. The van der Waals surface area contributed by atoms with Gasteiger partial charge in [-0.05, 0) is 30.5 Å². The van der Waals surface area contributed by atoms with E-state index in [4.69, 9.17) is 0 Å². The van der Waals surface area contributed by atoms with Crippen molar-refractivity contribution in [1.82, 2.24) is 5.32 Å². The van der Waals surface area contributed by atoms with Crippen molar-refractivity contribution in [3.63, 3.8) is 0 Å². The van der Waals surface area contributed by atoms with Crippen molar-refractivity contribution in [2.24, 2.45) is 0 Å². The normalized spacial score (nSPS) is 17.6. The Morgan fingerprint density at radius 1 is 1.30 bits per heavy atom. The van der Waals surface area contributed by atoms with Gasteiger partial charge in [0.1, 0.15) is 5.54 Å². The fraction of sp³-hybridized carbons (Fsp3) is 0.375. The lowest BCUT2D eigenvalue weighted by Crippen LogP contribution is -2.48. The van der Waals surface area contributed by atoms with Crippen molar-refractivity contribution in [3.05, 3.63) is 40.4 Å². The number of nitrogens with zero attached hydrogens (tertiary/aromatic N) is 1. The van der Waals surface area contributed by atoms with E-state index >= 15 is 0 Å². The number of nitrogens with one attached hydrogen (secondary N) is 1. The molecule has 1 aliphatic rings. The Labute approximate surface area is 127 Å². The number of carbonyl (C=O) groups excluding carboxylic acids is 1. The van der Waals surface area contributed by atoms with E-state index in [-0.39, 0.29) is 5.91 Å². The summed E-state index contributed by atoms with van der Waals surface area (Å²) < 4.78 is 0.941. The first-order valence-corrected chi connectivity index (χ1v) is 7.60. The van der Waals surface area contributed by atoms with E-state index in [2.05, 4.69) is 27.3 Å². The molecular formula is C16H17BrN2O. The number of rotatable bonds is 3. The maximum Gasteiger partial charge on any atom is 0.245 e. The van der Waals surface area contributed by atoms with Crippen LogP contribution in [0.25, 0.3) is 6.08 Å². The average Bonchev–Trinajstić information content (AvgIpc) is 2.47. The van der Waals surface area contributed by atoms with Crippen molar-refractivity contribution < 1.29 is 4.79 Å². The molecule has 0 bridgehead atoms. The van der Waals surface area contributed by atoms with E-state index < -0.39 is 5.54 Å². The van der Waals surface area contributed by atoms with Crippen molar-refractivity contribution in [3.8, 4) is 6.07 Å². The van der Waals surface area contributed by atoms with Gasteiger partial charge in [0.25, 0.3) is 0 Å². The lowest BCUT2D eigenvalue weighted by Gasteiger charge is -2.31. The summed E-state index contributed by atoms with van der Waals surface area (Å²) in [5, 5.41) is 12.2. The zero-order valence-electron chi connectivity index (χ0n) is 11.2. The first kappa shape index (κ1) is 14.8. The smallest absolute Gasteiger partial charge is 0.245 e. The molecule has 1 fully saturated rings. The molecule has 0 aromatic heterocycles. The van der Waals surface area contributed by atoms with Crippen LogP contribution in [0.4, 0.5) is 0 Å². The molecule has 0 radical (unpaired) electrons. The summed E-state index contributed by atoms with van der Waals surface area (Å²) in [5.74, 6) is -0.204. The van der Waals surface area contributed by atoms with Gasteiger partial charge >= 0.3 is 0 Å². The van der Waals surface area contributed by atoms with Crippen LogP contribution >= 0.6 is 15.9 Å². The van der Waals surface area contributed by atoms with E-state index in [1.54, 1.807) is 6.08 Å². The van der Waals surface area contributed by atoms with Gasteiger partial charge in [-0.15, -0.1) is 0 Å². The third-order valence-corrected chi connectivity index (χ3v) is 4.33. The summed E-state index contributed by atoms with van der Waals surface area (Å²) in [6.45, 7) is 0. The number of carbonyl (C=O) groups is 1. The average molecular weight is 333 g/mol. The molecule has 0 unspecified atom stereocenters. The fourth-order valence-electron chi connectivity index (χ4n) is 2.47. The maximum atomic E-state index is 12.0. The van der Waals surface area contributed by atoms with Crippen LogP contribution in [0.5, 0.6) is 0 Å². The molecule has 4 heteroatoms. The number of hydrogen-bond donors (Lipinski definition) is 1. The Morgan fingerprint density at radius 3 is 2.65 bits per heavy atom. The number of nitriles is 1. The zero-order chi connectivity index (χ0) is 14.4. The monoisotopic (exact) mass is 332 g/mol. The van der Waals surface area contributed by atoms with Gasteiger partial charge in [0.05, 0.1) is 6.07 Å². The highest BCUT2D eigenvalue weighted by molar-refractivity contribution is 9.10. The second-order valence-electron chi connectivity index (χ2n) is 5.10. The standard InChI is InChI=1S/C16H17BrN2O/c17-14-7-3-2-6-13(14)8-9-15(20)19-16(12-18)10-4-1-5-11-16/h2-3,6-9H,1,4-5,10-11H2,(H,19,20)/b9-8+. The Balaban J connectivity index is 2.02. The summed E-state index contributed by atoms with van der Waals surface area (Å²) in [5.41, 5.74) is 0.269. The maximum absolute atomic E-state index is 12.0. The van der Waals surface area contributed by atoms with E-state index in [0.29, 0.717) is 0 Å². The quantitative estimate of drug-likeness (QED) is 0.856. The van der Waals surface area contributed by atoms with Crippen LogP contribution in [0.2, 0.25) is 0 Å². The Hall–Kier alpha value is -1.60. The molecule has 20 heavy (non-hydrogen) atoms. The van der Waals surface area contributed by atoms with Crippen LogP contribution < -0.4 is 5.32 Å². The molecule has 3 nitrogen and oxygen atoms in total. The topological polar surface area (TPSA) is 52.9 Å². The minimum absolute atomic E-state index is 0.204. The van der Waals surface area contributed by atoms with Crippen LogP contribution in [0.3, 0.4) is 0 Å². The minimum Gasteiger partial charge on any atom is -0.334 e. The summed E-state index contributed by atoms with van der Waals surface area (Å²) in [6.07, 6.45) is 7.90. The molecule has 1 N–H and O–H groups in total. The molecule has 1 saturated carbocycles. The Kier molecular flexibility index (Phi) is 4.97. The SMILES string of the molecule is N#CC1(NC(=O)/C=C/c2ccccc2Br)CCCCC1. The first-order valence-electron chi connectivity index (χ1n) is 6.81. The summed E-state index contributed by atoms with van der Waals surface area (Å²) in [7, 11) is 0. The fourth-order valence-corrected chi connectivity index (χ4v) is 2.89. The highest BCUT2D eigenvalue weighted by Gasteiger charge is 2.32. The van der Waals surface area contributed by atoms with Gasteiger partial charge < -0.3 is 5.32 Å². The van der Waals surface area contributed by atoms with Gasteiger partial charge in [-0.25, -0.2) is 0 Å². The predicted octanol–water partition coefficient (Wildman–Crippen LogP) is 3.80. The molecule has 1 aromatic rings. The van der Waals surface area contributed by atoms with Crippen molar-refractivity contribution in [2.75, 3.05) is 0 Å². The van der Waals surface area contributed by atoms with E-state index in [1.165, 1.54) is 6.08 Å². The van der Waals surface area contributed by atoms with E-state index in [1.807, 2.05) is 24.3 Å². The second kappa shape index (κ2) is 6.71. The van der Waals surface area contributed by atoms with Gasteiger partial charge in [0.15, 0.2) is 0 Å². The molecule has 1 amide bonds. The molecule has 1 aliphatic carbocycles. The lowest BCUT2D eigenvalue weighted by molar-refractivity contribution is -0.118. The van der Waals surface area contributed by atoms with Crippen LogP contribution in [-0.2, 0) is 4.79 Å². The number of amides is 1. The van der Waals surface area contributed by atoms with Gasteiger partial charge in [-0.2, -0.15) is 5.26 Å². The summed E-state index contributed by atoms with van der Waals surface area (Å²) in [4.78, 5) is 12.0. The molecule has 104 valence electrons. The second-order valence-corrected chi connectivity index (χ2v) is 5.95. The molecule has 0 atom stereocenters. The van der Waals surface area contributed by atoms with Gasteiger partial charge in [-0.1, -0.05) is 53.4 Å². The van der Waals surface area contributed by atoms with Crippen LogP contribution in [-0.4, -0.2) is 11.4 Å². The number of hydrogen-bond acceptors (Lipinski definition) is 2. The van der Waals surface area contributed by atoms with Crippen LogP contribution in [0.1, 0.15) is 37.7 Å². The molecular weight excluding hydrogens is 316 g/mol. The molecule has 0 spiro atoms. The van der Waals surface area contributed by atoms with Crippen molar-refractivity contribution in [2.45, 2.75) is 37.6 Å². The van der Waals surface area contributed by atoms with Crippen LogP contribution in [0, 0.1) is 11.3 Å². The number of benzene rings is 1. The van der Waals surface area contributed by atoms with Gasteiger partial charge in [0, 0.05) is 10.5 Å². The van der Waals surface area contributed by atoms with Crippen molar-refractivity contribution >= 4 is 27.9 Å². The van der Waals surface area contributed by atoms with E-state index in [9.17, 15) is 10.1 Å². The summed E-state index contributed by atoms with van der Waals surface area (Å²) in [6, 6.07) is 9.98. The molecule has 1 aromatic carbocycles. The third-order valence-electron chi connectivity index (χ3n) is 3.60. The van der Waals surface area contributed by atoms with Crippen LogP contribution in [0.15, 0.2) is 34.8 Å². The zero-order valence-corrected chi connectivity index (χ0v) is 12.8. The third kappa shape index (κ3) is 3.71. The predicted molar refractivity (Wildman–Crippen MR) is 82.7 cm³/mol. The lowest BCUT2D eigenvalue weighted by atomic mass is 9.83. The Morgan fingerprint density at radius 2 is 2.00 bits per heavy atom. The molecule has 2 rings (SSSR count). The van der Waals surface area contributed by atoms with E-state index in [0.717, 1.165) is 42.1 Å². The van der Waals surface area contributed by atoms with Crippen molar-refractivity contribution in [1.29, 1.82) is 5.26 Å². The first-order chi connectivity index (χ1) is 9.65. The highest BCUT2D eigenvalue weighted by atomic mass is 79.9. The summed E-state index contributed by atoms with van der Waals surface area (Å²) >= 11 is 3.43. The molecule has 0 saturated heterocycles. The molecule has 0 heterocycles.